The second-order valence-corrected chi connectivity index (χ2v) is 10.5. The van der Waals surface area contributed by atoms with Crippen LogP contribution in [0.4, 0.5) is 5.13 Å². The number of aromatic nitrogens is 3. The standard InChI is InChI=1S/C30H25N5O3S/c1-17-13-21(22-14-18(15-31)5-12-26(22)38-4)23(16-32-17)27(36)35-29-34-25-11-10-24(33-28(25)39-29)19-6-8-20(9-7-19)30(2,3)37/h5-14,16,37H,1-4H3,(H,34,35,36). The van der Waals surface area contributed by atoms with E-state index in [9.17, 15) is 15.2 Å². The molecule has 5 aromatic rings. The quantitative estimate of drug-likeness (QED) is 0.270. The molecular weight excluding hydrogens is 510 g/mol. The molecule has 0 atom stereocenters. The summed E-state index contributed by atoms with van der Waals surface area (Å²) in [6.45, 7) is 5.32. The van der Waals surface area contributed by atoms with Crippen molar-refractivity contribution in [3.63, 3.8) is 0 Å². The number of aliphatic hydroxyl groups is 1. The Balaban J connectivity index is 1.45. The Morgan fingerprint density at radius 2 is 1.82 bits per heavy atom. The smallest absolute Gasteiger partial charge is 0.259 e. The molecule has 1 amide bonds. The summed E-state index contributed by atoms with van der Waals surface area (Å²) >= 11 is 1.27. The Morgan fingerprint density at radius 1 is 1.05 bits per heavy atom. The maximum Gasteiger partial charge on any atom is 0.259 e. The van der Waals surface area contributed by atoms with E-state index in [0.29, 0.717) is 43.5 Å². The fraction of sp³-hybridized carbons (Fsp3) is 0.167. The third-order valence-electron chi connectivity index (χ3n) is 6.27. The molecule has 0 saturated carbocycles. The summed E-state index contributed by atoms with van der Waals surface area (Å²) in [7, 11) is 1.54. The average molecular weight is 536 g/mol. The van der Waals surface area contributed by atoms with Crippen LogP contribution in [0.3, 0.4) is 0 Å². The lowest BCUT2D eigenvalue weighted by molar-refractivity contribution is 0.0786. The Labute approximate surface area is 229 Å². The monoisotopic (exact) mass is 535 g/mol. The minimum absolute atomic E-state index is 0.328. The zero-order chi connectivity index (χ0) is 27.7. The van der Waals surface area contributed by atoms with Crippen molar-refractivity contribution in [2.75, 3.05) is 12.4 Å². The SMILES string of the molecule is COc1ccc(C#N)cc1-c1cc(C)ncc1C(=O)Nc1nc2ccc(-c3ccc(C(C)(C)O)cc3)nc2s1. The molecule has 194 valence electrons. The van der Waals surface area contributed by atoms with E-state index in [1.54, 1.807) is 45.2 Å². The summed E-state index contributed by atoms with van der Waals surface area (Å²) in [5, 5.41) is 22.9. The number of nitrogens with zero attached hydrogens (tertiary/aromatic N) is 4. The van der Waals surface area contributed by atoms with E-state index < -0.39 is 5.60 Å². The van der Waals surface area contributed by atoms with Gasteiger partial charge in [-0.05, 0) is 62.7 Å². The number of nitrogens with one attached hydrogen (secondary N) is 1. The van der Waals surface area contributed by atoms with Crippen LogP contribution in [-0.2, 0) is 5.60 Å². The summed E-state index contributed by atoms with van der Waals surface area (Å²) in [6.07, 6.45) is 1.51. The van der Waals surface area contributed by atoms with Gasteiger partial charge in [0.15, 0.2) is 5.13 Å². The van der Waals surface area contributed by atoms with Crippen molar-refractivity contribution in [2.45, 2.75) is 26.4 Å². The summed E-state index contributed by atoms with van der Waals surface area (Å²) in [6, 6.07) is 20.4. The molecule has 0 saturated heterocycles. The summed E-state index contributed by atoms with van der Waals surface area (Å²) in [5.74, 6) is 0.157. The number of hydrogen-bond donors (Lipinski definition) is 2. The maximum atomic E-state index is 13.4. The first-order valence-electron chi connectivity index (χ1n) is 12.1. The van der Waals surface area contributed by atoms with Gasteiger partial charge in [-0.25, -0.2) is 9.97 Å². The molecule has 0 aliphatic carbocycles. The van der Waals surface area contributed by atoms with Crippen molar-refractivity contribution in [2.24, 2.45) is 0 Å². The normalized spacial score (nSPS) is 11.3. The van der Waals surface area contributed by atoms with E-state index in [1.165, 1.54) is 17.5 Å². The highest BCUT2D eigenvalue weighted by Crippen LogP contribution is 2.35. The molecule has 2 N–H and O–H groups in total. The Morgan fingerprint density at radius 3 is 2.51 bits per heavy atom. The van der Waals surface area contributed by atoms with E-state index in [1.807, 2.05) is 43.3 Å². The Kier molecular flexibility index (Phi) is 6.83. The van der Waals surface area contributed by atoms with Gasteiger partial charge in [0.05, 0.1) is 35.6 Å². The van der Waals surface area contributed by atoms with Crippen LogP contribution in [0.2, 0.25) is 0 Å². The maximum absolute atomic E-state index is 13.4. The van der Waals surface area contributed by atoms with Crippen molar-refractivity contribution >= 4 is 32.7 Å². The number of pyridine rings is 2. The molecule has 3 heterocycles. The van der Waals surface area contributed by atoms with Crippen molar-refractivity contribution in [3.05, 3.63) is 89.2 Å². The number of carbonyl (C=O) groups excluding carboxylic acids is 1. The number of aryl methyl sites for hydroxylation is 1. The van der Waals surface area contributed by atoms with Gasteiger partial charge >= 0.3 is 0 Å². The lowest BCUT2D eigenvalue weighted by atomic mass is 9.97. The first kappa shape index (κ1) is 26.0. The van der Waals surface area contributed by atoms with E-state index >= 15 is 0 Å². The highest BCUT2D eigenvalue weighted by atomic mass is 32.1. The first-order valence-corrected chi connectivity index (χ1v) is 13.0. The number of anilines is 1. The Hall–Kier alpha value is -4.65. The number of rotatable bonds is 6. The molecule has 0 spiro atoms. The van der Waals surface area contributed by atoms with E-state index in [4.69, 9.17) is 9.72 Å². The van der Waals surface area contributed by atoms with Crippen molar-refractivity contribution in [3.8, 4) is 34.2 Å². The van der Waals surface area contributed by atoms with E-state index in [-0.39, 0.29) is 5.91 Å². The molecule has 0 aliphatic heterocycles. The molecular formula is C30H25N5O3S. The van der Waals surface area contributed by atoms with Gasteiger partial charge in [0.25, 0.3) is 5.91 Å². The van der Waals surface area contributed by atoms with Gasteiger partial charge in [0, 0.05) is 28.6 Å². The third kappa shape index (κ3) is 5.34. The number of fused-ring (bicyclic) bond motifs is 1. The molecule has 5 rings (SSSR count). The van der Waals surface area contributed by atoms with Crippen molar-refractivity contribution in [1.82, 2.24) is 15.0 Å². The van der Waals surface area contributed by atoms with Gasteiger partial charge in [-0.15, -0.1) is 0 Å². The molecule has 2 aromatic carbocycles. The number of amides is 1. The zero-order valence-corrected chi connectivity index (χ0v) is 22.6. The first-order chi connectivity index (χ1) is 18.7. The van der Waals surface area contributed by atoms with Crippen LogP contribution in [-0.4, -0.2) is 33.1 Å². The van der Waals surface area contributed by atoms with Crippen LogP contribution in [0.15, 0.2) is 66.9 Å². The van der Waals surface area contributed by atoms with Gasteiger partial charge in [0.2, 0.25) is 0 Å². The number of benzene rings is 2. The third-order valence-corrected chi connectivity index (χ3v) is 7.15. The minimum atomic E-state index is -0.919. The Bertz CT molecular complexity index is 1750. The highest BCUT2D eigenvalue weighted by molar-refractivity contribution is 7.22. The summed E-state index contributed by atoms with van der Waals surface area (Å²) in [4.78, 5) is 27.7. The molecule has 3 aromatic heterocycles. The van der Waals surface area contributed by atoms with Crippen LogP contribution in [0.5, 0.6) is 5.75 Å². The van der Waals surface area contributed by atoms with Gasteiger partial charge in [-0.3, -0.25) is 15.1 Å². The van der Waals surface area contributed by atoms with Crippen molar-refractivity contribution < 1.29 is 14.6 Å². The number of hydrogen-bond acceptors (Lipinski definition) is 8. The molecule has 0 fully saturated rings. The number of methoxy groups -OCH3 is 1. The fourth-order valence-electron chi connectivity index (χ4n) is 4.20. The molecule has 0 aliphatic rings. The number of nitriles is 1. The lowest BCUT2D eigenvalue weighted by Crippen LogP contribution is -2.14. The lowest BCUT2D eigenvalue weighted by Gasteiger charge is -2.17. The highest BCUT2D eigenvalue weighted by Gasteiger charge is 2.20. The number of ether oxygens (including phenoxy) is 1. The van der Waals surface area contributed by atoms with Gasteiger partial charge < -0.3 is 9.84 Å². The van der Waals surface area contributed by atoms with Gasteiger partial charge in [-0.1, -0.05) is 35.6 Å². The van der Waals surface area contributed by atoms with Crippen molar-refractivity contribution in [1.29, 1.82) is 5.26 Å². The predicted molar refractivity (Wildman–Crippen MR) is 152 cm³/mol. The van der Waals surface area contributed by atoms with Crippen LogP contribution in [0, 0.1) is 18.3 Å². The number of thiazole rings is 1. The van der Waals surface area contributed by atoms with Crippen LogP contribution in [0.25, 0.3) is 32.7 Å². The van der Waals surface area contributed by atoms with Crippen LogP contribution >= 0.6 is 11.3 Å². The van der Waals surface area contributed by atoms with Crippen LogP contribution in [0.1, 0.15) is 41.0 Å². The molecule has 9 heteroatoms. The second kappa shape index (κ2) is 10.3. The molecule has 0 unspecified atom stereocenters. The largest absolute Gasteiger partial charge is 0.496 e. The molecule has 8 nitrogen and oxygen atoms in total. The van der Waals surface area contributed by atoms with E-state index in [0.717, 1.165) is 22.5 Å². The van der Waals surface area contributed by atoms with Gasteiger partial charge in [0.1, 0.15) is 16.1 Å². The molecule has 0 bridgehead atoms. The molecule has 0 radical (unpaired) electrons. The predicted octanol–water partition coefficient (Wildman–Crippen LogP) is 6.09. The topological polar surface area (TPSA) is 121 Å². The fourth-order valence-corrected chi connectivity index (χ4v) is 5.03. The second-order valence-electron chi connectivity index (χ2n) is 9.53. The van der Waals surface area contributed by atoms with Crippen LogP contribution < -0.4 is 10.1 Å². The summed E-state index contributed by atoms with van der Waals surface area (Å²) < 4.78 is 5.51. The molecule has 39 heavy (non-hydrogen) atoms. The van der Waals surface area contributed by atoms with Gasteiger partial charge in [-0.2, -0.15) is 5.26 Å². The zero-order valence-electron chi connectivity index (χ0n) is 21.8. The van der Waals surface area contributed by atoms with E-state index in [2.05, 4.69) is 21.4 Å². The minimum Gasteiger partial charge on any atom is -0.496 e. The average Bonchev–Trinajstić information content (AvgIpc) is 3.33. The number of carbonyl (C=O) groups is 1. The summed E-state index contributed by atoms with van der Waals surface area (Å²) in [5.41, 5.74) is 4.96.